The molecule has 0 saturated carbocycles. The molecule has 0 saturated heterocycles. The van der Waals surface area contributed by atoms with Crippen LogP contribution in [0.2, 0.25) is 0 Å². The monoisotopic (exact) mass is 264 g/mol. The average Bonchev–Trinajstić information content (AvgIpc) is 2.34. The fourth-order valence-corrected chi connectivity index (χ4v) is 1.11. The highest BCUT2D eigenvalue weighted by Crippen LogP contribution is 2.22. The van der Waals surface area contributed by atoms with Crippen molar-refractivity contribution in [3.05, 3.63) is 34.6 Å². The summed E-state index contributed by atoms with van der Waals surface area (Å²) in [5, 5.41) is 10.1. The van der Waals surface area contributed by atoms with Crippen LogP contribution in [-0.4, -0.2) is 11.9 Å². The van der Waals surface area contributed by atoms with E-state index in [1.165, 1.54) is 13.0 Å². The van der Waals surface area contributed by atoms with Crippen molar-refractivity contribution in [2.45, 2.75) is 13.0 Å². The quantitative estimate of drug-likeness (QED) is 0.504. The summed E-state index contributed by atoms with van der Waals surface area (Å²) >= 11 is 0. The first-order chi connectivity index (χ1) is 8.31. The Balaban J connectivity index is 3.34. The van der Waals surface area contributed by atoms with Gasteiger partial charge in [-0.2, -0.15) is 5.26 Å². The Morgan fingerprint density at radius 1 is 1.06 bits per heavy atom. The first-order valence-electron chi connectivity index (χ1n) is 4.53. The lowest BCUT2D eigenvalue weighted by molar-refractivity contribution is 0.0936. The lowest BCUT2D eigenvalue weighted by Crippen LogP contribution is -2.33. The number of nitriles is 1. The van der Waals surface area contributed by atoms with E-state index in [4.69, 9.17) is 5.26 Å². The van der Waals surface area contributed by atoms with Crippen molar-refractivity contribution in [3.8, 4) is 6.07 Å². The lowest BCUT2D eigenvalue weighted by atomic mass is 10.1. The van der Waals surface area contributed by atoms with Crippen LogP contribution in [0, 0.1) is 40.4 Å². The van der Waals surface area contributed by atoms with E-state index < -0.39 is 46.6 Å². The normalized spacial score (nSPS) is 11.8. The van der Waals surface area contributed by atoms with Gasteiger partial charge in [0.25, 0.3) is 5.91 Å². The molecule has 1 rings (SSSR count). The van der Waals surface area contributed by atoms with Crippen LogP contribution in [0.5, 0.6) is 0 Å². The zero-order chi connectivity index (χ0) is 14.0. The molecule has 0 bridgehead atoms. The van der Waals surface area contributed by atoms with Crippen molar-refractivity contribution < 1.29 is 26.7 Å². The molecule has 0 aliphatic heterocycles. The Kier molecular flexibility index (Phi) is 3.86. The van der Waals surface area contributed by atoms with Gasteiger partial charge >= 0.3 is 0 Å². The van der Waals surface area contributed by atoms with E-state index in [1.54, 1.807) is 5.32 Å². The van der Waals surface area contributed by atoms with E-state index in [0.717, 1.165) is 0 Å². The van der Waals surface area contributed by atoms with Gasteiger partial charge in [-0.3, -0.25) is 4.79 Å². The van der Waals surface area contributed by atoms with Gasteiger partial charge in [0.2, 0.25) is 5.82 Å². The molecular formula is C10H5F5N2O. The Hall–Kier alpha value is -2.17. The predicted molar refractivity (Wildman–Crippen MR) is 48.8 cm³/mol. The average molecular weight is 264 g/mol. The van der Waals surface area contributed by atoms with Crippen molar-refractivity contribution in [1.29, 1.82) is 5.26 Å². The predicted octanol–water partition coefficient (Wildman–Crippen LogP) is 2.02. The summed E-state index contributed by atoms with van der Waals surface area (Å²) in [4.78, 5) is 11.3. The smallest absolute Gasteiger partial charge is 0.258 e. The van der Waals surface area contributed by atoms with E-state index in [0.29, 0.717) is 0 Å². The first-order valence-corrected chi connectivity index (χ1v) is 4.53. The maximum absolute atomic E-state index is 13.1. The highest BCUT2D eigenvalue weighted by Gasteiger charge is 2.30. The zero-order valence-corrected chi connectivity index (χ0v) is 8.82. The van der Waals surface area contributed by atoms with Gasteiger partial charge in [0.05, 0.1) is 6.07 Å². The van der Waals surface area contributed by atoms with Crippen LogP contribution in [0.25, 0.3) is 0 Å². The second-order valence-electron chi connectivity index (χ2n) is 3.27. The van der Waals surface area contributed by atoms with Gasteiger partial charge in [-0.25, -0.2) is 22.0 Å². The standard InChI is InChI=1S/C10H5F5N2O/c1-3(2-16)17-10(18)4-5(11)7(13)9(15)8(14)6(4)12/h3H,1H3,(H,17,18). The molecule has 1 aromatic carbocycles. The Bertz CT molecular complexity index is 523. The summed E-state index contributed by atoms with van der Waals surface area (Å²) in [5.74, 6) is -12.8. The van der Waals surface area contributed by atoms with Crippen LogP contribution in [0.3, 0.4) is 0 Å². The number of carbonyl (C=O) groups excluding carboxylic acids is 1. The van der Waals surface area contributed by atoms with E-state index in [-0.39, 0.29) is 0 Å². The van der Waals surface area contributed by atoms with Crippen LogP contribution >= 0.6 is 0 Å². The number of halogens is 5. The fraction of sp³-hybridized carbons (Fsp3) is 0.200. The number of nitrogens with zero attached hydrogens (tertiary/aromatic N) is 1. The van der Waals surface area contributed by atoms with E-state index >= 15 is 0 Å². The van der Waals surface area contributed by atoms with Gasteiger partial charge in [-0.1, -0.05) is 0 Å². The maximum Gasteiger partial charge on any atom is 0.258 e. The van der Waals surface area contributed by atoms with Crippen molar-refractivity contribution in [2.75, 3.05) is 0 Å². The largest absolute Gasteiger partial charge is 0.336 e. The summed E-state index contributed by atoms with van der Waals surface area (Å²) in [6.45, 7) is 1.17. The molecular weight excluding hydrogens is 259 g/mol. The van der Waals surface area contributed by atoms with Gasteiger partial charge in [-0.05, 0) is 6.92 Å². The molecule has 0 radical (unpaired) electrons. The molecule has 1 aromatic rings. The maximum atomic E-state index is 13.1. The molecule has 8 heteroatoms. The summed E-state index contributed by atoms with van der Waals surface area (Å²) in [6, 6.07) is 0.361. The summed E-state index contributed by atoms with van der Waals surface area (Å²) in [5.41, 5.74) is -1.62. The van der Waals surface area contributed by atoms with Gasteiger partial charge < -0.3 is 5.32 Å². The van der Waals surface area contributed by atoms with Crippen LogP contribution in [0.1, 0.15) is 17.3 Å². The van der Waals surface area contributed by atoms with Gasteiger partial charge in [0, 0.05) is 0 Å². The second-order valence-corrected chi connectivity index (χ2v) is 3.27. The lowest BCUT2D eigenvalue weighted by Gasteiger charge is -2.09. The number of hydrogen-bond acceptors (Lipinski definition) is 2. The second kappa shape index (κ2) is 5.00. The number of nitrogens with one attached hydrogen (secondary N) is 1. The van der Waals surface area contributed by atoms with Gasteiger partial charge in [0.15, 0.2) is 23.3 Å². The molecule has 3 nitrogen and oxygen atoms in total. The number of rotatable bonds is 2. The number of benzene rings is 1. The molecule has 96 valence electrons. The zero-order valence-electron chi connectivity index (χ0n) is 8.82. The SMILES string of the molecule is CC(C#N)NC(=O)c1c(F)c(F)c(F)c(F)c1F. The molecule has 0 heterocycles. The molecule has 0 fully saturated rings. The number of hydrogen-bond donors (Lipinski definition) is 1. The number of amides is 1. The Morgan fingerprint density at radius 3 is 1.83 bits per heavy atom. The molecule has 1 unspecified atom stereocenters. The molecule has 0 spiro atoms. The summed E-state index contributed by atoms with van der Waals surface area (Å²) in [6.07, 6.45) is 0. The highest BCUT2D eigenvalue weighted by atomic mass is 19.2. The molecule has 1 N–H and O–H groups in total. The van der Waals surface area contributed by atoms with Crippen molar-refractivity contribution in [1.82, 2.24) is 5.32 Å². The van der Waals surface area contributed by atoms with Crippen LogP contribution < -0.4 is 5.32 Å². The van der Waals surface area contributed by atoms with Crippen molar-refractivity contribution in [3.63, 3.8) is 0 Å². The topological polar surface area (TPSA) is 52.9 Å². The Labute approximate surface area is 97.8 Å². The molecule has 1 atom stereocenters. The van der Waals surface area contributed by atoms with Crippen molar-refractivity contribution in [2.24, 2.45) is 0 Å². The highest BCUT2D eigenvalue weighted by molar-refractivity contribution is 5.95. The van der Waals surface area contributed by atoms with E-state index in [1.807, 2.05) is 0 Å². The number of carbonyl (C=O) groups is 1. The summed E-state index contributed by atoms with van der Waals surface area (Å²) < 4.78 is 64.5. The molecule has 0 aliphatic carbocycles. The minimum absolute atomic E-state index is 1.15. The molecule has 1 amide bonds. The van der Waals surface area contributed by atoms with E-state index in [9.17, 15) is 26.7 Å². The van der Waals surface area contributed by atoms with Crippen LogP contribution in [0.4, 0.5) is 22.0 Å². The molecule has 0 aromatic heterocycles. The first kappa shape index (κ1) is 13.9. The van der Waals surface area contributed by atoms with E-state index in [2.05, 4.69) is 0 Å². The third-order valence-corrected chi connectivity index (χ3v) is 1.98. The van der Waals surface area contributed by atoms with Crippen LogP contribution in [0.15, 0.2) is 0 Å². The molecule has 0 aliphatic rings. The van der Waals surface area contributed by atoms with Gasteiger partial charge in [0.1, 0.15) is 11.6 Å². The Morgan fingerprint density at radius 2 is 1.44 bits per heavy atom. The summed E-state index contributed by atoms with van der Waals surface area (Å²) in [7, 11) is 0. The third-order valence-electron chi connectivity index (χ3n) is 1.98. The third kappa shape index (κ3) is 2.25. The molecule has 18 heavy (non-hydrogen) atoms. The van der Waals surface area contributed by atoms with Crippen molar-refractivity contribution >= 4 is 5.91 Å². The fourth-order valence-electron chi connectivity index (χ4n) is 1.11. The minimum Gasteiger partial charge on any atom is -0.336 e. The minimum atomic E-state index is -2.35. The van der Waals surface area contributed by atoms with Gasteiger partial charge in [-0.15, -0.1) is 0 Å². The van der Waals surface area contributed by atoms with Crippen LogP contribution in [-0.2, 0) is 0 Å².